The van der Waals surface area contributed by atoms with Gasteiger partial charge in [-0.2, -0.15) is 0 Å². The molecule has 6 atom stereocenters. The van der Waals surface area contributed by atoms with Crippen molar-refractivity contribution in [3.05, 3.63) is 69.1 Å². The van der Waals surface area contributed by atoms with Crippen LogP contribution in [0.4, 0.5) is 0 Å². The Balaban J connectivity index is 1.73. The molecule has 2 unspecified atom stereocenters. The summed E-state index contributed by atoms with van der Waals surface area (Å²) in [6.07, 6.45) is -3.80. The van der Waals surface area contributed by atoms with Gasteiger partial charge >= 0.3 is 23.9 Å². The van der Waals surface area contributed by atoms with E-state index < -0.39 is 65.2 Å². The number of hydrogen-bond donors (Lipinski definition) is 0. The number of carbonyl (C=O) groups excluding carboxylic acids is 4. The van der Waals surface area contributed by atoms with Gasteiger partial charge in [0.2, 0.25) is 0 Å². The largest absolute Gasteiger partial charge is 0.463 e. The van der Waals surface area contributed by atoms with Gasteiger partial charge in [-0.3, -0.25) is 19.2 Å². The Labute approximate surface area is 244 Å². The summed E-state index contributed by atoms with van der Waals surface area (Å²) in [4.78, 5) is 49.3. The quantitative estimate of drug-likeness (QED) is 0.323. The number of ether oxygens (including phenoxy) is 5. The fourth-order valence-corrected chi connectivity index (χ4v) is 6.38. The molecule has 10 nitrogen and oxygen atoms in total. The SMILES string of the molecule is CC(=O)OCC1O[C@@H](c2ccc(Cl)c(CC3=Cc4ccccc4S3=O)c2)[C@H](OC(C)=O)[C@@H](OC(C)=O)[C@@H]1OC(C)=O. The Morgan fingerprint density at radius 2 is 1.49 bits per heavy atom. The second kappa shape index (κ2) is 13.0. The Morgan fingerprint density at radius 3 is 2.12 bits per heavy atom. The number of rotatable bonds is 8. The van der Waals surface area contributed by atoms with E-state index in [0.717, 1.165) is 24.3 Å². The van der Waals surface area contributed by atoms with Gasteiger partial charge in [-0.25, -0.2) is 4.21 Å². The number of halogens is 1. The zero-order chi connectivity index (χ0) is 29.8. The van der Waals surface area contributed by atoms with E-state index >= 15 is 0 Å². The molecule has 0 spiro atoms. The Kier molecular flexibility index (Phi) is 9.62. The lowest BCUT2D eigenvalue weighted by Gasteiger charge is -2.44. The van der Waals surface area contributed by atoms with Crippen molar-refractivity contribution in [2.24, 2.45) is 0 Å². The fraction of sp³-hybridized carbons (Fsp3) is 0.379. The van der Waals surface area contributed by atoms with E-state index in [1.807, 2.05) is 30.3 Å². The summed E-state index contributed by atoms with van der Waals surface area (Å²) >= 11 is 6.55. The highest BCUT2D eigenvalue weighted by Gasteiger charge is 2.52. The zero-order valence-electron chi connectivity index (χ0n) is 22.8. The van der Waals surface area contributed by atoms with Gasteiger partial charge in [-0.1, -0.05) is 41.9 Å². The molecule has 0 N–H and O–H groups in total. The molecular weight excluding hydrogens is 576 g/mol. The third kappa shape index (κ3) is 7.22. The summed E-state index contributed by atoms with van der Waals surface area (Å²) in [6, 6.07) is 12.4. The number of carbonyl (C=O) groups is 4. The van der Waals surface area contributed by atoms with Crippen molar-refractivity contribution in [1.29, 1.82) is 0 Å². The van der Waals surface area contributed by atoms with Crippen LogP contribution in [-0.4, -0.2) is 59.1 Å². The van der Waals surface area contributed by atoms with Crippen molar-refractivity contribution >= 4 is 52.4 Å². The number of fused-ring (bicyclic) bond motifs is 1. The molecule has 4 rings (SSSR count). The topological polar surface area (TPSA) is 132 Å². The summed E-state index contributed by atoms with van der Waals surface area (Å²) in [5.74, 6) is -2.73. The summed E-state index contributed by atoms with van der Waals surface area (Å²) < 4.78 is 41.1. The van der Waals surface area contributed by atoms with Gasteiger partial charge in [0.05, 0.1) is 15.7 Å². The van der Waals surface area contributed by atoms with E-state index in [0.29, 0.717) is 21.1 Å². The fourth-order valence-electron chi connectivity index (χ4n) is 4.84. The number of hydrogen-bond acceptors (Lipinski definition) is 10. The first-order valence-electron chi connectivity index (χ1n) is 12.7. The molecule has 0 aliphatic carbocycles. The number of allylic oxidation sites excluding steroid dienone is 1. The van der Waals surface area contributed by atoms with E-state index in [1.54, 1.807) is 18.2 Å². The third-order valence-electron chi connectivity index (χ3n) is 6.43. The van der Waals surface area contributed by atoms with Crippen LogP contribution >= 0.6 is 11.6 Å². The molecule has 2 heterocycles. The van der Waals surface area contributed by atoms with E-state index in [2.05, 4.69) is 0 Å². The maximum absolute atomic E-state index is 13.1. The summed E-state index contributed by atoms with van der Waals surface area (Å²) in [5, 5.41) is 0.410. The monoisotopic (exact) mass is 604 g/mol. The van der Waals surface area contributed by atoms with Gasteiger partial charge in [0.25, 0.3) is 0 Å². The van der Waals surface area contributed by atoms with Crippen molar-refractivity contribution in [3.8, 4) is 0 Å². The highest BCUT2D eigenvalue weighted by atomic mass is 35.5. The molecule has 0 aromatic heterocycles. The molecule has 2 aliphatic heterocycles. The van der Waals surface area contributed by atoms with E-state index in [1.165, 1.54) is 13.8 Å². The standard InChI is InChI=1S/C29H29ClO10S/c1-15(31)36-14-24-27(37-16(2)32)29(39-18(4)34)28(38-17(3)33)26(40-24)20-9-10-23(30)21(11-20)13-22-12-19-7-5-6-8-25(19)41(22)35/h5-12,24,26-29H,13-14H2,1-4H3/t24?,26-,27+,28-,29-,41?/m0/s1. The third-order valence-corrected chi connectivity index (χ3v) is 8.31. The average Bonchev–Trinajstić information content (AvgIpc) is 3.21. The van der Waals surface area contributed by atoms with Gasteiger partial charge in [-0.05, 0) is 34.9 Å². The first-order chi connectivity index (χ1) is 19.4. The van der Waals surface area contributed by atoms with Crippen molar-refractivity contribution < 1.29 is 47.1 Å². The number of esters is 4. The van der Waals surface area contributed by atoms with Crippen LogP contribution < -0.4 is 0 Å². The van der Waals surface area contributed by atoms with Gasteiger partial charge in [0, 0.05) is 44.0 Å². The Morgan fingerprint density at radius 1 is 0.854 bits per heavy atom. The second-order valence-electron chi connectivity index (χ2n) is 9.56. The molecule has 0 bridgehead atoms. The molecule has 1 fully saturated rings. The maximum atomic E-state index is 13.1. The van der Waals surface area contributed by atoms with Crippen molar-refractivity contribution in [3.63, 3.8) is 0 Å². The number of benzene rings is 2. The second-order valence-corrected chi connectivity index (χ2v) is 11.5. The van der Waals surface area contributed by atoms with Gasteiger partial charge < -0.3 is 23.7 Å². The van der Waals surface area contributed by atoms with Crippen molar-refractivity contribution in [2.75, 3.05) is 6.61 Å². The van der Waals surface area contributed by atoms with Crippen molar-refractivity contribution in [1.82, 2.24) is 0 Å². The van der Waals surface area contributed by atoms with Gasteiger partial charge in [-0.15, -0.1) is 0 Å². The van der Waals surface area contributed by atoms with Crippen molar-refractivity contribution in [2.45, 2.75) is 69.5 Å². The molecule has 218 valence electrons. The minimum absolute atomic E-state index is 0.263. The first kappa shape index (κ1) is 30.4. The molecular formula is C29H29ClO10S. The molecule has 1 saturated heterocycles. The highest BCUT2D eigenvalue weighted by Crippen LogP contribution is 2.40. The average molecular weight is 605 g/mol. The molecule has 0 radical (unpaired) electrons. The Bertz CT molecular complexity index is 1420. The molecule has 2 aliphatic rings. The molecule has 2 aromatic rings. The van der Waals surface area contributed by atoms with Crippen LogP contribution in [0.3, 0.4) is 0 Å². The lowest BCUT2D eigenvalue weighted by atomic mass is 9.89. The predicted molar refractivity (Wildman–Crippen MR) is 147 cm³/mol. The van der Waals surface area contributed by atoms with Crippen LogP contribution in [0.5, 0.6) is 0 Å². The zero-order valence-corrected chi connectivity index (χ0v) is 24.4. The Hall–Kier alpha value is -3.54. The van der Waals surface area contributed by atoms with Crippen LogP contribution in [0.25, 0.3) is 6.08 Å². The lowest BCUT2D eigenvalue weighted by molar-refractivity contribution is -0.254. The summed E-state index contributed by atoms with van der Waals surface area (Å²) in [7, 11) is -1.36. The first-order valence-corrected chi connectivity index (χ1v) is 14.3. The van der Waals surface area contributed by atoms with Gasteiger partial charge in [0.1, 0.15) is 18.8 Å². The van der Waals surface area contributed by atoms with Crippen LogP contribution in [0.15, 0.2) is 52.3 Å². The lowest BCUT2D eigenvalue weighted by Crippen LogP contribution is -2.59. The molecule has 0 amide bonds. The molecule has 12 heteroatoms. The van der Waals surface area contributed by atoms with Crippen LogP contribution in [0, 0.1) is 0 Å². The smallest absolute Gasteiger partial charge is 0.303 e. The summed E-state index contributed by atoms with van der Waals surface area (Å²) in [6.45, 7) is 4.37. The highest BCUT2D eigenvalue weighted by molar-refractivity contribution is 7.89. The van der Waals surface area contributed by atoms with Crippen LogP contribution in [0.2, 0.25) is 5.02 Å². The van der Waals surface area contributed by atoms with E-state index in [-0.39, 0.29) is 13.0 Å². The summed E-state index contributed by atoms with van der Waals surface area (Å²) in [5.41, 5.74) is 1.99. The predicted octanol–water partition coefficient (Wildman–Crippen LogP) is 3.84. The van der Waals surface area contributed by atoms with E-state index in [9.17, 15) is 23.4 Å². The van der Waals surface area contributed by atoms with Crippen LogP contribution in [0.1, 0.15) is 50.5 Å². The normalized spacial score (nSPS) is 25.0. The van der Waals surface area contributed by atoms with Gasteiger partial charge in [0.15, 0.2) is 18.3 Å². The minimum Gasteiger partial charge on any atom is -0.463 e. The molecule has 2 aromatic carbocycles. The molecule has 0 saturated carbocycles. The maximum Gasteiger partial charge on any atom is 0.303 e. The van der Waals surface area contributed by atoms with E-state index in [4.69, 9.17) is 35.3 Å². The van der Waals surface area contributed by atoms with Crippen LogP contribution in [-0.2, 0) is 60.1 Å². The molecule has 41 heavy (non-hydrogen) atoms. The minimum atomic E-state index is -1.36.